The Hall–Kier alpha value is -1.81. The molecular formula is C16H20N4. The third kappa shape index (κ3) is 2.85. The standard InChI is InChI=1S/C16H20N4/c1-17-14-7-2-3-8-15-13(14)11-19-16(20-15)10-12-6-4-5-9-18-12/h4-6,9,11,14,17H,2-3,7-8,10H2,1H3. The van der Waals surface area contributed by atoms with Gasteiger partial charge in [-0.05, 0) is 38.4 Å². The van der Waals surface area contributed by atoms with Gasteiger partial charge in [-0.15, -0.1) is 0 Å². The van der Waals surface area contributed by atoms with Crippen LogP contribution in [0.4, 0.5) is 0 Å². The van der Waals surface area contributed by atoms with Gasteiger partial charge in [0.1, 0.15) is 5.82 Å². The molecule has 4 heteroatoms. The van der Waals surface area contributed by atoms with E-state index in [4.69, 9.17) is 4.98 Å². The summed E-state index contributed by atoms with van der Waals surface area (Å²) < 4.78 is 0. The van der Waals surface area contributed by atoms with Gasteiger partial charge in [0.25, 0.3) is 0 Å². The van der Waals surface area contributed by atoms with Crippen molar-refractivity contribution in [1.82, 2.24) is 20.3 Å². The normalized spacial score (nSPS) is 18.4. The summed E-state index contributed by atoms with van der Waals surface area (Å²) in [6, 6.07) is 6.35. The Bertz CT molecular complexity index is 568. The largest absolute Gasteiger partial charge is 0.313 e. The van der Waals surface area contributed by atoms with E-state index in [-0.39, 0.29) is 0 Å². The van der Waals surface area contributed by atoms with E-state index in [1.54, 1.807) is 0 Å². The molecule has 1 aliphatic carbocycles. The maximum atomic E-state index is 4.78. The number of rotatable bonds is 3. The molecule has 20 heavy (non-hydrogen) atoms. The zero-order chi connectivity index (χ0) is 13.8. The Morgan fingerprint density at radius 3 is 3.00 bits per heavy atom. The van der Waals surface area contributed by atoms with Gasteiger partial charge in [-0.2, -0.15) is 0 Å². The first kappa shape index (κ1) is 13.2. The third-order valence-electron chi connectivity index (χ3n) is 3.90. The number of fused-ring (bicyclic) bond motifs is 1. The SMILES string of the molecule is CNC1CCCCc2nc(Cc3ccccn3)ncc21. The maximum absolute atomic E-state index is 4.78. The number of aromatic nitrogens is 3. The van der Waals surface area contributed by atoms with Gasteiger partial charge < -0.3 is 5.32 Å². The molecule has 1 aliphatic rings. The monoisotopic (exact) mass is 268 g/mol. The molecule has 2 aromatic rings. The van der Waals surface area contributed by atoms with E-state index in [9.17, 15) is 0 Å². The van der Waals surface area contributed by atoms with E-state index in [2.05, 4.69) is 15.3 Å². The van der Waals surface area contributed by atoms with Crippen molar-refractivity contribution in [3.8, 4) is 0 Å². The molecule has 2 heterocycles. The van der Waals surface area contributed by atoms with Crippen LogP contribution in [-0.4, -0.2) is 22.0 Å². The molecular weight excluding hydrogens is 248 g/mol. The molecule has 1 unspecified atom stereocenters. The van der Waals surface area contributed by atoms with Crippen LogP contribution in [0.1, 0.15) is 48.1 Å². The highest BCUT2D eigenvalue weighted by Gasteiger charge is 2.19. The molecule has 4 nitrogen and oxygen atoms in total. The lowest BCUT2D eigenvalue weighted by atomic mass is 10.1. The number of nitrogens with zero attached hydrogens (tertiary/aromatic N) is 3. The van der Waals surface area contributed by atoms with Crippen LogP contribution in [-0.2, 0) is 12.8 Å². The number of hydrogen-bond donors (Lipinski definition) is 1. The van der Waals surface area contributed by atoms with Crippen molar-refractivity contribution in [2.45, 2.75) is 38.1 Å². The van der Waals surface area contributed by atoms with Crippen molar-refractivity contribution in [1.29, 1.82) is 0 Å². The van der Waals surface area contributed by atoms with Gasteiger partial charge in [-0.1, -0.05) is 12.5 Å². The lowest BCUT2D eigenvalue weighted by molar-refractivity contribution is 0.531. The van der Waals surface area contributed by atoms with Crippen molar-refractivity contribution >= 4 is 0 Å². The topological polar surface area (TPSA) is 50.7 Å². The highest BCUT2D eigenvalue weighted by atomic mass is 14.9. The van der Waals surface area contributed by atoms with Gasteiger partial charge in [0.2, 0.25) is 0 Å². The van der Waals surface area contributed by atoms with Crippen LogP contribution < -0.4 is 5.32 Å². The van der Waals surface area contributed by atoms with Crippen LogP contribution in [0.3, 0.4) is 0 Å². The number of nitrogens with one attached hydrogen (secondary N) is 1. The molecule has 0 bridgehead atoms. The highest BCUT2D eigenvalue weighted by molar-refractivity contribution is 5.24. The lowest BCUT2D eigenvalue weighted by Gasteiger charge is -2.16. The molecule has 0 aliphatic heterocycles. The molecule has 0 amide bonds. The molecule has 104 valence electrons. The van der Waals surface area contributed by atoms with Crippen molar-refractivity contribution in [2.75, 3.05) is 7.05 Å². The molecule has 2 aromatic heterocycles. The van der Waals surface area contributed by atoms with Gasteiger partial charge in [0, 0.05) is 35.4 Å². The summed E-state index contributed by atoms with van der Waals surface area (Å²) >= 11 is 0. The Balaban J connectivity index is 1.86. The number of aryl methyl sites for hydroxylation is 1. The molecule has 0 aromatic carbocycles. The first-order chi connectivity index (χ1) is 9.86. The highest BCUT2D eigenvalue weighted by Crippen LogP contribution is 2.26. The molecule has 1 N–H and O–H groups in total. The van der Waals surface area contributed by atoms with Gasteiger partial charge in [0.15, 0.2) is 0 Å². The zero-order valence-electron chi connectivity index (χ0n) is 11.8. The number of hydrogen-bond acceptors (Lipinski definition) is 4. The summed E-state index contributed by atoms with van der Waals surface area (Å²) in [5.74, 6) is 0.874. The van der Waals surface area contributed by atoms with Crippen LogP contribution in [0.2, 0.25) is 0 Å². The lowest BCUT2D eigenvalue weighted by Crippen LogP contribution is -2.18. The summed E-state index contributed by atoms with van der Waals surface area (Å²) in [5, 5.41) is 3.38. The van der Waals surface area contributed by atoms with E-state index in [1.807, 2.05) is 37.6 Å². The Labute approximate surface area is 119 Å². The molecule has 0 saturated carbocycles. The van der Waals surface area contributed by atoms with Crippen molar-refractivity contribution in [2.24, 2.45) is 0 Å². The second kappa shape index (κ2) is 6.09. The van der Waals surface area contributed by atoms with Gasteiger partial charge in [0.05, 0.1) is 6.42 Å². The Kier molecular flexibility index (Phi) is 4.02. The molecule has 3 rings (SSSR count). The second-order valence-corrected chi connectivity index (χ2v) is 5.27. The molecule has 0 spiro atoms. The number of pyridine rings is 1. The first-order valence-corrected chi connectivity index (χ1v) is 7.28. The van der Waals surface area contributed by atoms with Crippen LogP contribution in [0.5, 0.6) is 0 Å². The summed E-state index contributed by atoms with van der Waals surface area (Å²) in [5.41, 5.74) is 3.50. The fourth-order valence-corrected chi connectivity index (χ4v) is 2.81. The minimum absolute atomic E-state index is 0.399. The van der Waals surface area contributed by atoms with Crippen molar-refractivity contribution < 1.29 is 0 Å². The summed E-state index contributed by atoms with van der Waals surface area (Å²) in [4.78, 5) is 13.7. The zero-order valence-corrected chi connectivity index (χ0v) is 11.8. The predicted octanol–water partition coefficient (Wildman–Crippen LogP) is 2.45. The minimum atomic E-state index is 0.399. The Morgan fingerprint density at radius 2 is 2.20 bits per heavy atom. The Morgan fingerprint density at radius 1 is 1.25 bits per heavy atom. The van der Waals surface area contributed by atoms with E-state index in [1.165, 1.54) is 30.5 Å². The molecule has 0 fully saturated rings. The van der Waals surface area contributed by atoms with Crippen molar-refractivity contribution in [3.05, 3.63) is 53.4 Å². The van der Waals surface area contributed by atoms with Gasteiger partial charge >= 0.3 is 0 Å². The first-order valence-electron chi connectivity index (χ1n) is 7.28. The summed E-state index contributed by atoms with van der Waals surface area (Å²) in [7, 11) is 2.02. The van der Waals surface area contributed by atoms with Crippen LogP contribution in [0.25, 0.3) is 0 Å². The van der Waals surface area contributed by atoms with E-state index >= 15 is 0 Å². The van der Waals surface area contributed by atoms with E-state index < -0.39 is 0 Å². The third-order valence-corrected chi connectivity index (χ3v) is 3.90. The molecule has 1 atom stereocenters. The van der Waals surface area contributed by atoms with E-state index in [0.717, 1.165) is 17.9 Å². The predicted molar refractivity (Wildman–Crippen MR) is 78.4 cm³/mol. The summed E-state index contributed by atoms with van der Waals surface area (Å²) in [6.45, 7) is 0. The fourth-order valence-electron chi connectivity index (χ4n) is 2.81. The average Bonchev–Trinajstić information content (AvgIpc) is 2.69. The second-order valence-electron chi connectivity index (χ2n) is 5.27. The minimum Gasteiger partial charge on any atom is -0.313 e. The van der Waals surface area contributed by atoms with Crippen LogP contribution >= 0.6 is 0 Å². The van der Waals surface area contributed by atoms with Gasteiger partial charge in [-0.3, -0.25) is 4.98 Å². The summed E-state index contributed by atoms with van der Waals surface area (Å²) in [6.07, 6.45) is 9.22. The quantitative estimate of drug-likeness (QED) is 0.869. The maximum Gasteiger partial charge on any atom is 0.134 e. The smallest absolute Gasteiger partial charge is 0.134 e. The van der Waals surface area contributed by atoms with Gasteiger partial charge in [-0.25, -0.2) is 9.97 Å². The molecule has 0 saturated heterocycles. The van der Waals surface area contributed by atoms with E-state index in [0.29, 0.717) is 12.5 Å². The average molecular weight is 268 g/mol. The van der Waals surface area contributed by atoms with Crippen LogP contribution in [0.15, 0.2) is 30.6 Å². The fraction of sp³-hybridized carbons (Fsp3) is 0.438. The molecule has 0 radical (unpaired) electrons. The van der Waals surface area contributed by atoms with Crippen molar-refractivity contribution in [3.63, 3.8) is 0 Å². The van der Waals surface area contributed by atoms with Crippen LogP contribution in [0, 0.1) is 0 Å².